The van der Waals surface area contributed by atoms with E-state index in [4.69, 9.17) is 0 Å². The second-order valence-electron chi connectivity index (χ2n) is 8.55. The SMILES string of the molecule is O=C(O)[C@H]1CCC[C@@H]1C(=O)c1ccc(-c2ccc(Nc3nc4ccc([N+](=O)[O-])cc4s3)cc2)cc1. The molecule has 1 saturated carbocycles. The number of ketones is 1. The number of nitro benzene ring substituents is 1. The van der Waals surface area contributed by atoms with Crippen molar-refractivity contribution in [1.29, 1.82) is 0 Å². The summed E-state index contributed by atoms with van der Waals surface area (Å²) in [6.45, 7) is 0. The van der Waals surface area contributed by atoms with Gasteiger partial charge in [-0.15, -0.1) is 0 Å². The van der Waals surface area contributed by atoms with Crippen molar-refractivity contribution in [2.45, 2.75) is 19.3 Å². The van der Waals surface area contributed by atoms with E-state index in [1.165, 1.54) is 23.5 Å². The molecule has 0 saturated heterocycles. The van der Waals surface area contributed by atoms with Crippen molar-refractivity contribution >= 4 is 49.8 Å². The molecule has 0 aliphatic heterocycles. The number of benzene rings is 3. The quantitative estimate of drug-likeness (QED) is 0.178. The second-order valence-corrected chi connectivity index (χ2v) is 9.58. The van der Waals surface area contributed by atoms with Gasteiger partial charge in [-0.3, -0.25) is 19.7 Å². The smallest absolute Gasteiger partial charge is 0.307 e. The van der Waals surface area contributed by atoms with Crippen LogP contribution in [-0.4, -0.2) is 26.8 Å². The second kappa shape index (κ2) is 9.27. The summed E-state index contributed by atoms with van der Waals surface area (Å²) in [5, 5.41) is 24.2. The highest BCUT2D eigenvalue weighted by Crippen LogP contribution is 2.35. The molecule has 9 heteroatoms. The number of nitro groups is 1. The van der Waals surface area contributed by atoms with Gasteiger partial charge in [-0.25, -0.2) is 4.98 Å². The molecule has 1 aliphatic rings. The molecular formula is C26H21N3O5S. The van der Waals surface area contributed by atoms with Crippen LogP contribution in [0.1, 0.15) is 29.6 Å². The lowest BCUT2D eigenvalue weighted by molar-refractivity contribution is -0.384. The monoisotopic (exact) mass is 487 g/mol. The van der Waals surface area contributed by atoms with Crippen LogP contribution >= 0.6 is 11.3 Å². The summed E-state index contributed by atoms with van der Waals surface area (Å²) in [6, 6.07) is 19.6. The fourth-order valence-electron chi connectivity index (χ4n) is 4.56. The molecule has 5 rings (SSSR count). The normalized spacial score (nSPS) is 17.4. The number of carbonyl (C=O) groups is 2. The molecule has 2 N–H and O–H groups in total. The summed E-state index contributed by atoms with van der Waals surface area (Å²) >= 11 is 1.35. The van der Waals surface area contributed by atoms with E-state index >= 15 is 0 Å². The van der Waals surface area contributed by atoms with Crippen LogP contribution in [0.15, 0.2) is 66.7 Å². The van der Waals surface area contributed by atoms with Gasteiger partial charge in [0, 0.05) is 29.3 Å². The van der Waals surface area contributed by atoms with Crippen LogP contribution in [0.4, 0.5) is 16.5 Å². The number of aromatic nitrogens is 1. The van der Waals surface area contributed by atoms with E-state index in [0.717, 1.165) is 27.9 Å². The van der Waals surface area contributed by atoms with Crippen molar-refractivity contribution in [2.75, 3.05) is 5.32 Å². The number of anilines is 2. The number of nitrogens with one attached hydrogen (secondary N) is 1. The molecule has 0 spiro atoms. The zero-order chi connectivity index (χ0) is 24.5. The number of hydrogen-bond donors (Lipinski definition) is 2. The van der Waals surface area contributed by atoms with E-state index in [1.54, 1.807) is 18.2 Å². The van der Waals surface area contributed by atoms with E-state index in [2.05, 4.69) is 10.3 Å². The molecule has 4 aromatic rings. The molecule has 176 valence electrons. The molecule has 1 fully saturated rings. The number of aliphatic carboxylic acids is 1. The van der Waals surface area contributed by atoms with Crippen LogP contribution in [0.2, 0.25) is 0 Å². The Labute approximate surface area is 204 Å². The van der Waals surface area contributed by atoms with Crippen LogP contribution in [0, 0.1) is 22.0 Å². The Hall–Kier alpha value is -4.11. The van der Waals surface area contributed by atoms with Gasteiger partial charge in [0.05, 0.1) is 21.1 Å². The molecule has 3 aromatic carbocycles. The molecular weight excluding hydrogens is 466 g/mol. The van der Waals surface area contributed by atoms with E-state index in [-0.39, 0.29) is 11.5 Å². The van der Waals surface area contributed by atoms with E-state index in [0.29, 0.717) is 29.1 Å². The van der Waals surface area contributed by atoms with Gasteiger partial charge in [0.2, 0.25) is 0 Å². The number of thiazole rings is 1. The zero-order valence-corrected chi connectivity index (χ0v) is 19.3. The third kappa shape index (κ3) is 4.63. The fourth-order valence-corrected chi connectivity index (χ4v) is 5.48. The predicted molar refractivity (Wildman–Crippen MR) is 134 cm³/mol. The number of Topliss-reactive ketones (excluding diaryl/α,β-unsaturated/α-hetero) is 1. The number of nitrogens with zero attached hydrogens (tertiary/aromatic N) is 2. The Morgan fingerprint density at radius 2 is 1.63 bits per heavy atom. The first-order valence-corrected chi connectivity index (χ1v) is 12.0. The number of hydrogen-bond acceptors (Lipinski definition) is 7. The molecule has 0 unspecified atom stereocenters. The number of carboxylic acid groups (broad SMARTS) is 1. The molecule has 0 bridgehead atoms. The van der Waals surface area contributed by atoms with Crippen molar-refractivity contribution in [3.05, 3.63) is 82.4 Å². The lowest BCUT2D eigenvalue weighted by atomic mass is 9.88. The van der Waals surface area contributed by atoms with E-state index in [9.17, 15) is 24.8 Å². The molecule has 2 atom stereocenters. The fraction of sp³-hybridized carbons (Fsp3) is 0.192. The molecule has 35 heavy (non-hydrogen) atoms. The number of carboxylic acids is 1. The Morgan fingerprint density at radius 1 is 0.971 bits per heavy atom. The molecule has 1 heterocycles. The zero-order valence-electron chi connectivity index (χ0n) is 18.5. The summed E-state index contributed by atoms with van der Waals surface area (Å²) < 4.78 is 0.736. The predicted octanol–water partition coefficient (Wildman–Crippen LogP) is 6.30. The van der Waals surface area contributed by atoms with Crippen LogP contribution < -0.4 is 5.32 Å². The lowest BCUT2D eigenvalue weighted by Gasteiger charge is -2.14. The van der Waals surface area contributed by atoms with Gasteiger partial charge in [0.15, 0.2) is 10.9 Å². The highest BCUT2D eigenvalue weighted by Gasteiger charge is 2.37. The average Bonchev–Trinajstić information content (AvgIpc) is 3.51. The van der Waals surface area contributed by atoms with Crippen LogP contribution in [0.5, 0.6) is 0 Å². The van der Waals surface area contributed by atoms with Gasteiger partial charge in [-0.05, 0) is 42.2 Å². The minimum absolute atomic E-state index is 0.0368. The maximum atomic E-state index is 12.8. The summed E-state index contributed by atoms with van der Waals surface area (Å²) in [4.78, 5) is 39.3. The first-order valence-electron chi connectivity index (χ1n) is 11.2. The number of non-ortho nitro benzene ring substituents is 1. The topological polar surface area (TPSA) is 122 Å². The Balaban J connectivity index is 1.28. The number of fused-ring (bicyclic) bond motifs is 1. The van der Waals surface area contributed by atoms with Crippen molar-refractivity contribution in [3.63, 3.8) is 0 Å². The minimum Gasteiger partial charge on any atom is -0.481 e. The van der Waals surface area contributed by atoms with Gasteiger partial charge >= 0.3 is 5.97 Å². The first-order chi connectivity index (χ1) is 16.9. The highest BCUT2D eigenvalue weighted by atomic mass is 32.1. The Morgan fingerprint density at radius 3 is 2.29 bits per heavy atom. The Kier molecular flexibility index (Phi) is 6.00. The van der Waals surface area contributed by atoms with E-state index in [1.807, 2.05) is 36.4 Å². The highest BCUT2D eigenvalue weighted by molar-refractivity contribution is 7.22. The van der Waals surface area contributed by atoms with Gasteiger partial charge < -0.3 is 10.4 Å². The summed E-state index contributed by atoms with van der Waals surface area (Å²) in [5.74, 6) is -2.02. The maximum absolute atomic E-state index is 12.8. The van der Waals surface area contributed by atoms with Gasteiger partial charge in [0.25, 0.3) is 5.69 Å². The first kappa shape index (κ1) is 22.7. The molecule has 8 nitrogen and oxygen atoms in total. The Bertz CT molecular complexity index is 1430. The molecule has 1 aliphatic carbocycles. The van der Waals surface area contributed by atoms with Crippen molar-refractivity contribution in [2.24, 2.45) is 11.8 Å². The minimum atomic E-state index is -0.890. The van der Waals surface area contributed by atoms with Crippen LogP contribution in [0.3, 0.4) is 0 Å². The van der Waals surface area contributed by atoms with Crippen molar-refractivity contribution in [1.82, 2.24) is 4.98 Å². The van der Waals surface area contributed by atoms with Crippen molar-refractivity contribution in [3.8, 4) is 11.1 Å². The molecule has 0 amide bonds. The standard InChI is InChI=1S/C26H21N3O5S/c30-24(20-2-1-3-21(20)25(31)32)17-6-4-15(5-7-17)16-8-10-18(11-9-16)27-26-28-22-13-12-19(29(33)34)14-23(22)35-26/h4-14,20-21H,1-3H2,(H,27,28)(H,31,32)/t20-,21-/m0/s1. The van der Waals surface area contributed by atoms with Gasteiger partial charge in [0.1, 0.15) is 0 Å². The van der Waals surface area contributed by atoms with E-state index < -0.39 is 22.7 Å². The van der Waals surface area contributed by atoms with Gasteiger partial charge in [-0.2, -0.15) is 0 Å². The average molecular weight is 488 g/mol. The van der Waals surface area contributed by atoms with Gasteiger partial charge in [-0.1, -0.05) is 54.2 Å². The maximum Gasteiger partial charge on any atom is 0.307 e. The molecule has 0 radical (unpaired) electrons. The third-order valence-electron chi connectivity index (χ3n) is 6.39. The number of rotatable bonds is 7. The summed E-state index contributed by atoms with van der Waals surface area (Å²) in [5.41, 5.74) is 4.02. The van der Waals surface area contributed by atoms with Crippen LogP contribution in [0.25, 0.3) is 21.3 Å². The number of carbonyl (C=O) groups excluding carboxylic acids is 1. The summed E-state index contributed by atoms with van der Waals surface area (Å²) in [7, 11) is 0. The summed E-state index contributed by atoms with van der Waals surface area (Å²) in [6.07, 6.45) is 1.95. The van der Waals surface area contributed by atoms with Crippen molar-refractivity contribution < 1.29 is 19.6 Å². The van der Waals surface area contributed by atoms with Crippen LogP contribution in [-0.2, 0) is 4.79 Å². The lowest BCUT2D eigenvalue weighted by Crippen LogP contribution is -2.25. The molecule has 1 aromatic heterocycles. The largest absolute Gasteiger partial charge is 0.481 e. The third-order valence-corrected chi connectivity index (χ3v) is 7.33.